The number of nitrogens with zero attached hydrogens (tertiary/aromatic N) is 3. The van der Waals surface area contributed by atoms with Crippen LogP contribution in [0, 0.1) is 0 Å². The first-order valence-corrected chi connectivity index (χ1v) is 8.44. The van der Waals surface area contributed by atoms with Crippen LogP contribution in [-0.4, -0.2) is 45.5 Å². The number of aryl methyl sites for hydroxylation is 1. The number of hydrogen-bond donors (Lipinski definition) is 1. The van der Waals surface area contributed by atoms with Gasteiger partial charge in [0.25, 0.3) is 0 Å². The predicted octanol–water partition coefficient (Wildman–Crippen LogP) is 3.03. The summed E-state index contributed by atoms with van der Waals surface area (Å²) in [6, 6.07) is 0.110. The van der Waals surface area contributed by atoms with Gasteiger partial charge in [-0.05, 0) is 41.0 Å². The van der Waals surface area contributed by atoms with Crippen molar-refractivity contribution in [3.05, 3.63) is 18.0 Å². The smallest absolute Gasteiger partial charge is 0.410 e. The number of aromatic nitrogens is 2. The largest absolute Gasteiger partial charge is 0.444 e. The van der Waals surface area contributed by atoms with E-state index >= 15 is 0 Å². The molecule has 1 rings (SSSR count). The normalized spacial score (nSPS) is 11.8. The summed E-state index contributed by atoms with van der Waals surface area (Å²) in [6.07, 6.45) is 4.76. The third-order valence-electron chi connectivity index (χ3n) is 3.25. The minimum atomic E-state index is -0.467. The van der Waals surface area contributed by atoms with Gasteiger partial charge in [-0.2, -0.15) is 5.10 Å². The lowest BCUT2D eigenvalue weighted by Crippen LogP contribution is -2.44. The third-order valence-corrected chi connectivity index (χ3v) is 3.25. The Kier molecular flexibility index (Phi) is 7.55. The standard InChI is InChI=1S/C17H32N4O2/c1-7-9-20-13-15(12-19-20)11-18-8-10-21(14(2)3)16(22)23-17(4,5)6/h12-14,18H,7-11H2,1-6H3. The molecule has 0 bridgehead atoms. The maximum Gasteiger partial charge on any atom is 0.410 e. The number of carbonyl (C=O) groups excluding carboxylic acids is 1. The molecule has 0 fully saturated rings. The summed E-state index contributed by atoms with van der Waals surface area (Å²) in [4.78, 5) is 14.0. The molecule has 0 radical (unpaired) electrons. The predicted molar refractivity (Wildman–Crippen MR) is 92.3 cm³/mol. The molecule has 1 N–H and O–H groups in total. The Hall–Kier alpha value is -1.56. The molecule has 0 aromatic carbocycles. The van der Waals surface area contributed by atoms with Gasteiger partial charge in [-0.1, -0.05) is 6.92 Å². The summed E-state index contributed by atoms with van der Waals surface area (Å²) in [5, 5.41) is 7.67. The summed E-state index contributed by atoms with van der Waals surface area (Å²) in [5.74, 6) is 0. The van der Waals surface area contributed by atoms with Gasteiger partial charge in [-0.15, -0.1) is 0 Å². The second kappa shape index (κ2) is 8.91. The van der Waals surface area contributed by atoms with Gasteiger partial charge in [0.2, 0.25) is 0 Å². The summed E-state index contributed by atoms with van der Waals surface area (Å²) in [5.41, 5.74) is 0.692. The zero-order valence-electron chi connectivity index (χ0n) is 15.4. The highest BCUT2D eigenvalue weighted by atomic mass is 16.6. The van der Waals surface area contributed by atoms with Gasteiger partial charge in [0.1, 0.15) is 5.60 Å². The summed E-state index contributed by atoms with van der Waals surface area (Å²) in [6.45, 7) is 14.8. The Morgan fingerprint density at radius 1 is 1.43 bits per heavy atom. The quantitative estimate of drug-likeness (QED) is 0.747. The third kappa shape index (κ3) is 7.50. The molecule has 0 spiro atoms. The van der Waals surface area contributed by atoms with E-state index in [0.29, 0.717) is 6.54 Å². The van der Waals surface area contributed by atoms with Gasteiger partial charge < -0.3 is 15.0 Å². The maximum atomic E-state index is 12.2. The van der Waals surface area contributed by atoms with Crippen LogP contribution >= 0.6 is 0 Å². The minimum Gasteiger partial charge on any atom is -0.444 e. The van der Waals surface area contributed by atoms with E-state index in [1.807, 2.05) is 45.5 Å². The highest BCUT2D eigenvalue weighted by molar-refractivity contribution is 5.68. The molecule has 1 heterocycles. The van der Waals surface area contributed by atoms with Crippen molar-refractivity contribution >= 4 is 6.09 Å². The molecule has 132 valence electrons. The fourth-order valence-corrected chi connectivity index (χ4v) is 2.16. The van der Waals surface area contributed by atoms with E-state index in [4.69, 9.17) is 4.74 Å². The Labute approximate surface area is 140 Å². The lowest BCUT2D eigenvalue weighted by molar-refractivity contribution is 0.0193. The minimum absolute atomic E-state index is 0.110. The SMILES string of the molecule is CCCn1cc(CNCCN(C(=O)OC(C)(C)C)C(C)C)cn1. The van der Waals surface area contributed by atoms with Gasteiger partial charge in [-0.3, -0.25) is 4.68 Å². The summed E-state index contributed by atoms with van der Waals surface area (Å²) in [7, 11) is 0. The fourth-order valence-electron chi connectivity index (χ4n) is 2.16. The second-order valence-corrected chi connectivity index (χ2v) is 7.06. The van der Waals surface area contributed by atoms with Crippen molar-refractivity contribution in [3.8, 4) is 0 Å². The molecule has 0 aliphatic carbocycles. The summed E-state index contributed by atoms with van der Waals surface area (Å²) < 4.78 is 7.41. The Bertz CT molecular complexity index is 477. The summed E-state index contributed by atoms with van der Waals surface area (Å²) >= 11 is 0. The van der Waals surface area contributed by atoms with E-state index in [1.54, 1.807) is 4.90 Å². The van der Waals surface area contributed by atoms with Crippen LogP contribution in [0.3, 0.4) is 0 Å². The van der Waals surface area contributed by atoms with Crippen molar-refractivity contribution < 1.29 is 9.53 Å². The van der Waals surface area contributed by atoms with Crippen molar-refractivity contribution in [2.24, 2.45) is 0 Å². The van der Waals surface area contributed by atoms with Crippen molar-refractivity contribution in [1.82, 2.24) is 20.0 Å². The Morgan fingerprint density at radius 3 is 2.70 bits per heavy atom. The number of rotatable bonds is 8. The van der Waals surface area contributed by atoms with Gasteiger partial charge in [0, 0.05) is 44.0 Å². The van der Waals surface area contributed by atoms with E-state index in [-0.39, 0.29) is 12.1 Å². The Balaban J connectivity index is 2.39. The first-order valence-electron chi connectivity index (χ1n) is 8.44. The maximum absolute atomic E-state index is 12.2. The van der Waals surface area contributed by atoms with Crippen molar-refractivity contribution in [2.75, 3.05) is 13.1 Å². The highest BCUT2D eigenvalue weighted by Gasteiger charge is 2.23. The monoisotopic (exact) mass is 324 g/mol. The molecule has 0 saturated heterocycles. The molecule has 0 saturated carbocycles. The number of carbonyl (C=O) groups is 1. The van der Waals surface area contributed by atoms with Crippen LogP contribution in [0.4, 0.5) is 4.79 Å². The molecule has 6 nitrogen and oxygen atoms in total. The first-order chi connectivity index (χ1) is 10.7. The average molecular weight is 324 g/mol. The molecule has 0 aliphatic heterocycles. The molecule has 0 atom stereocenters. The molecular formula is C17H32N4O2. The first kappa shape index (κ1) is 19.5. The van der Waals surface area contributed by atoms with E-state index < -0.39 is 5.60 Å². The van der Waals surface area contributed by atoms with Gasteiger partial charge in [0.05, 0.1) is 6.20 Å². The van der Waals surface area contributed by atoms with Crippen molar-refractivity contribution in [3.63, 3.8) is 0 Å². The van der Waals surface area contributed by atoms with Crippen LogP contribution in [0.5, 0.6) is 0 Å². The number of nitrogens with one attached hydrogen (secondary N) is 1. The van der Waals surface area contributed by atoms with Crippen LogP contribution in [0.25, 0.3) is 0 Å². The van der Waals surface area contributed by atoms with Crippen LogP contribution in [0.2, 0.25) is 0 Å². The van der Waals surface area contributed by atoms with Crippen LogP contribution < -0.4 is 5.32 Å². The van der Waals surface area contributed by atoms with E-state index in [2.05, 4.69) is 23.5 Å². The van der Waals surface area contributed by atoms with Gasteiger partial charge in [0.15, 0.2) is 0 Å². The second-order valence-electron chi connectivity index (χ2n) is 7.06. The lowest BCUT2D eigenvalue weighted by atomic mass is 10.2. The zero-order valence-corrected chi connectivity index (χ0v) is 15.4. The number of ether oxygens (including phenoxy) is 1. The fraction of sp³-hybridized carbons (Fsp3) is 0.765. The van der Waals surface area contributed by atoms with Crippen molar-refractivity contribution in [1.29, 1.82) is 0 Å². The Morgan fingerprint density at radius 2 is 2.13 bits per heavy atom. The zero-order chi connectivity index (χ0) is 17.5. The molecule has 1 aromatic heterocycles. The molecule has 1 amide bonds. The lowest BCUT2D eigenvalue weighted by Gasteiger charge is -2.30. The molecule has 6 heteroatoms. The van der Waals surface area contributed by atoms with Gasteiger partial charge in [-0.25, -0.2) is 4.79 Å². The van der Waals surface area contributed by atoms with Crippen LogP contribution in [-0.2, 0) is 17.8 Å². The molecule has 0 unspecified atom stereocenters. The topological polar surface area (TPSA) is 59.4 Å². The molecular weight excluding hydrogens is 292 g/mol. The molecule has 1 aromatic rings. The van der Waals surface area contributed by atoms with Gasteiger partial charge >= 0.3 is 6.09 Å². The van der Waals surface area contributed by atoms with E-state index in [9.17, 15) is 4.79 Å². The molecule has 23 heavy (non-hydrogen) atoms. The molecule has 0 aliphatic rings. The van der Waals surface area contributed by atoms with E-state index in [0.717, 1.165) is 31.6 Å². The highest BCUT2D eigenvalue weighted by Crippen LogP contribution is 2.11. The average Bonchev–Trinajstić information content (AvgIpc) is 2.84. The van der Waals surface area contributed by atoms with Crippen molar-refractivity contribution in [2.45, 2.75) is 72.7 Å². The van der Waals surface area contributed by atoms with Crippen LogP contribution in [0.1, 0.15) is 53.5 Å². The van der Waals surface area contributed by atoms with E-state index in [1.165, 1.54) is 0 Å². The number of hydrogen-bond acceptors (Lipinski definition) is 4. The van der Waals surface area contributed by atoms with Crippen LogP contribution in [0.15, 0.2) is 12.4 Å². The number of amides is 1.